The van der Waals surface area contributed by atoms with E-state index in [0.717, 1.165) is 16.9 Å². The molecule has 24 heavy (non-hydrogen) atoms. The van der Waals surface area contributed by atoms with Crippen LogP contribution in [0.4, 0.5) is 5.00 Å². The molecule has 1 amide bonds. The van der Waals surface area contributed by atoms with Crippen LogP contribution in [-0.4, -0.2) is 25.1 Å². The minimum atomic E-state index is -0.436. The third-order valence-corrected chi connectivity index (χ3v) is 4.22. The molecule has 0 fully saturated rings. The van der Waals surface area contributed by atoms with Crippen LogP contribution in [0.5, 0.6) is 5.75 Å². The molecule has 0 saturated carbocycles. The van der Waals surface area contributed by atoms with Gasteiger partial charge in [0.25, 0.3) is 0 Å². The van der Waals surface area contributed by atoms with E-state index in [2.05, 4.69) is 5.32 Å². The Morgan fingerprint density at radius 3 is 2.38 bits per heavy atom. The van der Waals surface area contributed by atoms with Crippen LogP contribution in [-0.2, 0) is 9.53 Å². The lowest BCUT2D eigenvalue weighted by atomic mass is 10.0. The third-order valence-electron chi connectivity index (χ3n) is 3.32. The first-order chi connectivity index (χ1) is 11.6. The maximum absolute atomic E-state index is 12.4. The Hall–Kier alpha value is -2.34. The minimum absolute atomic E-state index is 0.138. The van der Waals surface area contributed by atoms with Crippen LogP contribution >= 0.6 is 11.3 Å². The van der Waals surface area contributed by atoms with Crippen molar-refractivity contribution in [3.63, 3.8) is 0 Å². The van der Waals surface area contributed by atoms with Gasteiger partial charge in [-0.3, -0.25) is 4.79 Å². The summed E-state index contributed by atoms with van der Waals surface area (Å²) in [6.07, 6.45) is 0.346. The van der Waals surface area contributed by atoms with Crippen molar-refractivity contribution in [3.8, 4) is 16.9 Å². The van der Waals surface area contributed by atoms with Crippen LogP contribution in [0.25, 0.3) is 11.1 Å². The Morgan fingerprint density at radius 2 is 1.79 bits per heavy atom. The average molecular weight is 347 g/mol. The first-order valence-corrected chi connectivity index (χ1v) is 8.80. The van der Waals surface area contributed by atoms with Crippen LogP contribution in [0, 0.1) is 0 Å². The highest BCUT2D eigenvalue weighted by Gasteiger charge is 2.22. The molecule has 0 radical (unpaired) electrons. The minimum Gasteiger partial charge on any atom is -0.494 e. The van der Waals surface area contributed by atoms with Gasteiger partial charge < -0.3 is 14.8 Å². The summed E-state index contributed by atoms with van der Waals surface area (Å²) in [6.45, 7) is 6.32. The molecule has 1 aromatic carbocycles. The molecule has 0 unspecified atom stereocenters. The zero-order valence-electron chi connectivity index (χ0n) is 14.0. The van der Waals surface area contributed by atoms with E-state index in [9.17, 15) is 9.59 Å². The number of thiophene rings is 1. The van der Waals surface area contributed by atoms with Gasteiger partial charge in [0.05, 0.1) is 13.2 Å². The summed E-state index contributed by atoms with van der Waals surface area (Å²) in [5.74, 6) is 0.198. The largest absolute Gasteiger partial charge is 0.494 e. The first-order valence-electron chi connectivity index (χ1n) is 7.92. The normalized spacial score (nSPS) is 10.3. The number of benzene rings is 1. The Bertz CT molecular complexity index is 706. The summed E-state index contributed by atoms with van der Waals surface area (Å²) >= 11 is 1.32. The van der Waals surface area contributed by atoms with Gasteiger partial charge in [0.2, 0.25) is 5.91 Å². The fourth-order valence-electron chi connectivity index (χ4n) is 2.18. The smallest absolute Gasteiger partial charge is 0.341 e. The van der Waals surface area contributed by atoms with Crippen molar-refractivity contribution in [2.75, 3.05) is 18.5 Å². The molecule has 0 atom stereocenters. The second-order valence-corrected chi connectivity index (χ2v) is 5.81. The molecule has 0 spiro atoms. The number of ether oxygens (including phenoxy) is 2. The maximum Gasteiger partial charge on any atom is 0.341 e. The fraction of sp³-hybridized carbons (Fsp3) is 0.333. The van der Waals surface area contributed by atoms with Gasteiger partial charge >= 0.3 is 5.97 Å². The summed E-state index contributed by atoms with van der Waals surface area (Å²) in [7, 11) is 0. The van der Waals surface area contributed by atoms with Crippen molar-refractivity contribution >= 4 is 28.2 Å². The fourth-order valence-corrected chi connectivity index (χ4v) is 3.15. The zero-order chi connectivity index (χ0) is 17.5. The Balaban J connectivity index is 2.41. The predicted octanol–water partition coefficient (Wildman–Crippen LogP) is 4.34. The van der Waals surface area contributed by atoms with Crippen LogP contribution in [0.2, 0.25) is 0 Å². The number of amides is 1. The Labute approximate surface area is 145 Å². The molecule has 2 aromatic rings. The van der Waals surface area contributed by atoms with E-state index in [-0.39, 0.29) is 12.5 Å². The van der Waals surface area contributed by atoms with Gasteiger partial charge in [-0.15, -0.1) is 11.3 Å². The summed E-state index contributed by atoms with van der Waals surface area (Å²) < 4.78 is 10.6. The highest BCUT2D eigenvalue weighted by atomic mass is 32.1. The van der Waals surface area contributed by atoms with Gasteiger partial charge in [-0.05, 0) is 31.5 Å². The Kier molecular flexibility index (Phi) is 6.37. The van der Waals surface area contributed by atoms with E-state index in [1.807, 2.05) is 36.6 Å². The predicted molar refractivity (Wildman–Crippen MR) is 95.8 cm³/mol. The lowest BCUT2D eigenvalue weighted by molar-refractivity contribution is -0.115. The van der Waals surface area contributed by atoms with Crippen molar-refractivity contribution < 1.29 is 19.1 Å². The highest BCUT2D eigenvalue weighted by Crippen LogP contribution is 2.36. The number of hydrogen-bond donors (Lipinski definition) is 1. The van der Waals surface area contributed by atoms with Crippen molar-refractivity contribution in [1.82, 2.24) is 0 Å². The third kappa shape index (κ3) is 4.14. The zero-order valence-corrected chi connectivity index (χ0v) is 14.9. The molecule has 0 aliphatic rings. The molecule has 1 heterocycles. The topological polar surface area (TPSA) is 64.6 Å². The van der Waals surface area contributed by atoms with E-state index in [1.165, 1.54) is 11.3 Å². The van der Waals surface area contributed by atoms with Crippen molar-refractivity contribution in [2.45, 2.75) is 27.2 Å². The lowest BCUT2D eigenvalue weighted by Gasteiger charge is -2.09. The van der Waals surface area contributed by atoms with Crippen molar-refractivity contribution in [2.24, 2.45) is 0 Å². The SMILES string of the molecule is CCOC(=O)c1c(-c2ccc(OCC)cc2)csc1NC(=O)CC. The van der Waals surface area contributed by atoms with Crippen LogP contribution in [0.15, 0.2) is 29.6 Å². The van der Waals surface area contributed by atoms with Gasteiger partial charge in [-0.2, -0.15) is 0 Å². The molecular weight excluding hydrogens is 326 g/mol. The number of rotatable bonds is 7. The molecule has 0 aliphatic carbocycles. The second-order valence-electron chi connectivity index (χ2n) is 4.93. The molecule has 0 saturated heterocycles. The first kappa shape index (κ1) is 18.0. The quantitative estimate of drug-likeness (QED) is 0.757. The van der Waals surface area contributed by atoms with Gasteiger partial charge in [0.15, 0.2) is 0 Å². The summed E-state index contributed by atoms with van der Waals surface area (Å²) in [5, 5.41) is 5.15. The van der Waals surface area contributed by atoms with E-state index >= 15 is 0 Å². The van der Waals surface area contributed by atoms with E-state index < -0.39 is 5.97 Å². The number of carbonyl (C=O) groups is 2. The van der Waals surface area contributed by atoms with Crippen molar-refractivity contribution in [1.29, 1.82) is 0 Å². The standard InChI is InChI=1S/C18H21NO4S/c1-4-15(20)19-17-16(18(21)23-6-3)14(11-24-17)12-7-9-13(10-8-12)22-5-2/h7-11H,4-6H2,1-3H3,(H,19,20). The van der Waals surface area contributed by atoms with Gasteiger partial charge in [-0.1, -0.05) is 19.1 Å². The monoisotopic (exact) mass is 347 g/mol. The molecule has 1 aromatic heterocycles. The van der Waals surface area contributed by atoms with E-state index in [4.69, 9.17) is 9.47 Å². The lowest BCUT2D eigenvalue weighted by Crippen LogP contribution is -2.13. The summed E-state index contributed by atoms with van der Waals surface area (Å²) in [4.78, 5) is 24.1. The molecule has 5 nitrogen and oxygen atoms in total. The molecular formula is C18H21NO4S. The molecule has 6 heteroatoms. The van der Waals surface area contributed by atoms with E-state index in [0.29, 0.717) is 23.6 Å². The second kappa shape index (κ2) is 8.49. The van der Waals surface area contributed by atoms with Crippen LogP contribution in [0.1, 0.15) is 37.6 Å². The highest BCUT2D eigenvalue weighted by molar-refractivity contribution is 7.15. The number of esters is 1. The number of hydrogen-bond acceptors (Lipinski definition) is 5. The summed E-state index contributed by atoms with van der Waals surface area (Å²) in [6, 6.07) is 7.49. The molecule has 0 bridgehead atoms. The number of carbonyl (C=O) groups excluding carboxylic acids is 2. The van der Waals surface area contributed by atoms with Crippen LogP contribution in [0.3, 0.4) is 0 Å². The van der Waals surface area contributed by atoms with Gasteiger partial charge in [-0.25, -0.2) is 4.79 Å². The maximum atomic E-state index is 12.4. The van der Waals surface area contributed by atoms with Crippen LogP contribution < -0.4 is 10.1 Å². The van der Waals surface area contributed by atoms with Crippen molar-refractivity contribution in [3.05, 3.63) is 35.2 Å². The average Bonchev–Trinajstić information content (AvgIpc) is 2.99. The summed E-state index contributed by atoms with van der Waals surface area (Å²) in [5.41, 5.74) is 2.01. The number of nitrogens with one attached hydrogen (secondary N) is 1. The van der Waals surface area contributed by atoms with E-state index in [1.54, 1.807) is 13.8 Å². The molecule has 0 aliphatic heterocycles. The van der Waals surface area contributed by atoms with Gasteiger partial charge in [0.1, 0.15) is 16.3 Å². The molecule has 2 rings (SSSR count). The van der Waals surface area contributed by atoms with Gasteiger partial charge in [0, 0.05) is 17.4 Å². The molecule has 128 valence electrons. The Morgan fingerprint density at radius 1 is 1.08 bits per heavy atom. The molecule has 1 N–H and O–H groups in total. The number of anilines is 1.